The van der Waals surface area contributed by atoms with Gasteiger partial charge in [-0.2, -0.15) is 0 Å². The predicted octanol–water partition coefficient (Wildman–Crippen LogP) is 10.7. The first-order valence-electron chi connectivity index (χ1n) is 16.7. The van der Waals surface area contributed by atoms with E-state index < -0.39 is 8.07 Å². The minimum atomic E-state index is -1.34. The van der Waals surface area contributed by atoms with Gasteiger partial charge in [-0.1, -0.05) is 104 Å². The maximum absolute atomic E-state index is 6.22. The van der Waals surface area contributed by atoms with Gasteiger partial charge in [0.05, 0.1) is 13.7 Å². The zero-order valence-electron chi connectivity index (χ0n) is 30.4. The predicted molar refractivity (Wildman–Crippen MR) is 201 cm³/mol. The molecule has 0 amide bonds. The summed E-state index contributed by atoms with van der Waals surface area (Å²) in [5, 5.41) is 3.57. The molecule has 0 aliphatic carbocycles. The number of pyridine rings is 3. The van der Waals surface area contributed by atoms with Crippen LogP contribution < -0.4 is 5.19 Å². The first-order valence-corrected chi connectivity index (χ1v) is 20.2. The number of benzene rings is 2. The Morgan fingerprint density at radius 1 is 0.792 bits per heavy atom. The van der Waals surface area contributed by atoms with Crippen LogP contribution >= 0.6 is 0 Å². The van der Waals surface area contributed by atoms with E-state index in [-0.39, 0.29) is 30.9 Å². The number of nitrogens with zero attached hydrogens (tertiary/aromatic N) is 3. The fourth-order valence-corrected chi connectivity index (χ4v) is 7.33. The summed E-state index contributed by atoms with van der Waals surface area (Å²) in [6, 6.07) is 29.3. The Balaban J connectivity index is 0.000000222. The van der Waals surface area contributed by atoms with Crippen molar-refractivity contribution in [2.45, 2.75) is 92.3 Å². The van der Waals surface area contributed by atoms with Gasteiger partial charge in [-0.3, -0.25) is 0 Å². The average molecular weight is 832 g/mol. The van der Waals surface area contributed by atoms with Gasteiger partial charge in [-0.25, -0.2) is 4.98 Å². The normalized spacial score (nSPS) is 12.2. The molecule has 6 aromatic rings. The summed E-state index contributed by atoms with van der Waals surface area (Å²) in [6.07, 6.45) is 5.10. The number of hydrogen-bond donors (Lipinski definition) is 0. The van der Waals surface area contributed by atoms with Crippen molar-refractivity contribution in [3.63, 3.8) is 0 Å². The molecule has 1 radical (unpaired) electrons. The smallest absolute Gasteiger partial charge is 0.216 e. The standard InChI is InChI=1S/C24H25N2O.C18H24NSi.Ir/c1-23(2,3)15-12-13-25-19(14-15)18-9-7-8-16-17-10-11-20(24(4,5)6)26-22(17)27-21(16)18;1-14(2)11-16-12-17(15-9-7-6-8-10-15)19-13-18(16)20(3,4)5;/h7-8,10-14H,1-6H3;6-9,12-14H,11H2,1-5H3;/q2*-1;. The molecular weight excluding hydrogens is 783 g/mol. The van der Waals surface area contributed by atoms with E-state index in [1.807, 2.05) is 36.5 Å². The van der Waals surface area contributed by atoms with Gasteiger partial charge >= 0.3 is 0 Å². The van der Waals surface area contributed by atoms with Crippen molar-refractivity contribution in [2.24, 2.45) is 5.92 Å². The summed E-state index contributed by atoms with van der Waals surface area (Å²) in [5.74, 6) is 0.667. The number of furan rings is 1. The molecule has 0 saturated heterocycles. The van der Waals surface area contributed by atoms with E-state index in [0.29, 0.717) is 11.6 Å². The zero-order chi connectivity index (χ0) is 34.1. The fraction of sp³-hybridized carbons (Fsp3) is 0.357. The van der Waals surface area contributed by atoms with Gasteiger partial charge in [0.25, 0.3) is 0 Å². The molecule has 0 unspecified atom stereocenters. The molecule has 0 atom stereocenters. The Bertz CT molecular complexity index is 1990. The third-order valence-electron chi connectivity index (χ3n) is 8.36. The monoisotopic (exact) mass is 832 g/mol. The van der Waals surface area contributed by atoms with Crippen molar-refractivity contribution in [2.75, 3.05) is 0 Å². The molecule has 0 aliphatic rings. The van der Waals surface area contributed by atoms with Gasteiger partial charge in [-0.15, -0.1) is 54.1 Å². The first-order chi connectivity index (χ1) is 22.0. The quantitative estimate of drug-likeness (QED) is 0.128. The second kappa shape index (κ2) is 14.6. The van der Waals surface area contributed by atoms with Gasteiger partial charge in [-0.05, 0) is 58.1 Å². The Kier molecular flexibility index (Phi) is 11.4. The van der Waals surface area contributed by atoms with Crippen molar-refractivity contribution in [3.8, 4) is 22.5 Å². The zero-order valence-corrected chi connectivity index (χ0v) is 33.8. The molecule has 0 fully saturated rings. The van der Waals surface area contributed by atoms with E-state index in [2.05, 4.69) is 140 Å². The van der Waals surface area contributed by atoms with Crippen LogP contribution in [0, 0.1) is 18.1 Å². The molecule has 0 spiro atoms. The minimum Gasteiger partial charge on any atom is -0.486 e. The molecule has 48 heavy (non-hydrogen) atoms. The van der Waals surface area contributed by atoms with Crippen molar-refractivity contribution in [1.82, 2.24) is 15.0 Å². The molecular formula is C42H49IrN3OSi-2. The van der Waals surface area contributed by atoms with Crippen LogP contribution in [0.25, 0.3) is 44.6 Å². The van der Waals surface area contributed by atoms with Gasteiger partial charge < -0.3 is 14.4 Å². The molecule has 4 heterocycles. The molecule has 0 aliphatic heterocycles. The summed E-state index contributed by atoms with van der Waals surface area (Å²) < 4.78 is 6.22. The number of fused-ring (bicyclic) bond motifs is 3. The van der Waals surface area contributed by atoms with Gasteiger partial charge in [0.1, 0.15) is 0 Å². The third-order valence-corrected chi connectivity index (χ3v) is 10.4. The van der Waals surface area contributed by atoms with Crippen LogP contribution in [0.5, 0.6) is 0 Å². The third kappa shape index (κ3) is 8.58. The minimum absolute atomic E-state index is 0. The van der Waals surface area contributed by atoms with E-state index in [0.717, 1.165) is 51.0 Å². The van der Waals surface area contributed by atoms with Crippen LogP contribution in [0.4, 0.5) is 0 Å². The second-order valence-corrected chi connectivity index (χ2v) is 21.1. The van der Waals surface area contributed by atoms with Crippen LogP contribution in [0.3, 0.4) is 0 Å². The SMILES string of the molecule is CC(C)(C)c1ccnc(-c2[c-]ccc3c2oc2nc(C(C)(C)C)ccc23)c1.CC(C)Cc1cc(-c2[c-]cccc2)ncc1[Si](C)(C)C.[Ir]. The summed E-state index contributed by atoms with van der Waals surface area (Å²) in [5.41, 5.74) is 9.12. The fourth-order valence-electron chi connectivity index (χ4n) is 5.75. The van der Waals surface area contributed by atoms with Crippen molar-refractivity contribution in [3.05, 3.63) is 108 Å². The molecule has 253 valence electrons. The Morgan fingerprint density at radius 3 is 2.17 bits per heavy atom. The van der Waals surface area contributed by atoms with E-state index in [1.54, 1.807) is 0 Å². The van der Waals surface area contributed by atoms with E-state index >= 15 is 0 Å². The average Bonchev–Trinajstić information content (AvgIpc) is 3.38. The molecule has 2 aromatic carbocycles. The number of aromatic nitrogens is 3. The maximum Gasteiger partial charge on any atom is 0.216 e. The van der Waals surface area contributed by atoms with Gasteiger partial charge in [0.15, 0.2) is 0 Å². The van der Waals surface area contributed by atoms with Crippen LogP contribution in [0.15, 0.2) is 83.5 Å². The van der Waals surface area contributed by atoms with E-state index in [1.165, 1.54) is 16.3 Å². The summed E-state index contributed by atoms with van der Waals surface area (Å²) in [6.45, 7) is 24.8. The van der Waals surface area contributed by atoms with Crippen LogP contribution in [0.1, 0.15) is 72.2 Å². The molecule has 0 N–H and O–H groups in total. The van der Waals surface area contributed by atoms with E-state index in [4.69, 9.17) is 9.40 Å². The molecule has 4 aromatic heterocycles. The van der Waals surface area contributed by atoms with Gasteiger partial charge in [0, 0.05) is 49.0 Å². The number of rotatable bonds is 5. The summed E-state index contributed by atoms with van der Waals surface area (Å²) in [7, 11) is -1.34. The topological polar surface area (TPSA) is 51.8 Å². The van der Waals surface area contributed by atoms with Crippen molar-refractivity contribution < 1.29 is 24.5 Å². The molecule has 4 nitrogen and oxygen atoms in total. The molecule has 0 saturated carbocycles. The number of hydrogen-bond acceptors (Lipinski definition) is 4. The largest absolute Gasteiger partial charge is 0.486 e. The van der Waals surface area contributed by atoms with Crippen LogP contribution in [-0.2, 0) is 37.4 Å². The second-order valence-electron chi connectivity index (χ2n) is 16.0. The molecule has 6 rings (SSSR count). The summed E-state index contributed by atoms with van der Waals surface area (Å²) >= 11 is 0. The molecule has 6 heteroatoms. The van der Waals surface area contributed by atoms with Crippen LogP contribution in [-0.4, -0.2) is 23.0 Å². The van der Waals surface area contributed by atoms with Crippen molar-refractivity contribution in [1.29, 1.82) is 0 Å². The first kappa shape index (κ1) is 37.4. The summed E-state index contributed by atoms with van der Waals surface area (Å²) in [4.78, 5) is 14.0. The Labute approximate surface area is 302 Å². The molecule has 0 bridgehead atoms. The van der Waals surface area contributed by atoms with E-state index in [9.17, 15) is 0 Å². The van der Waals surface area contributed by atoms with Crippen LogP contribution in [0.2, 0.25) is 19.6 Å². The Morgan fingerprint density at radius 2 is 1.54 bits per heavy atom. The van der Waals surface area contributed by atoms with Crippen molar-refractivity contribution >= 4 is 35.3 Å². The maximum atomic E-state index is 6.22. The Hall–Kier alpha value is -3.44. The van der Waals surface area contributed by atoms with Gasteiger partial charge in [0.2, 0.25) is 5.71 Å².